The molecule has 0 saturated heterocycles. The summed E-state index contributed by atoms with van der Waals surface area (Å²) in [5, 5.41) is 2.51. The van der Waals surface area contributed by atoms with Crippen molar-refractivity contribution >= 4 is 0 Å². The minimum atomic E-state index is 0.456. The van der Waals surface area contributed by atoms with Crippen molar-refractivity contribution < 1.29 is 5.32 Å². The van der Waals surface area contributed by atoms with Crippen LogP contribution in [0, 0.1) is 5.92 Å². The van der Waals surface area contributed by atoms with E-state index in [1.807, 2.05) is 0 Å². The third-order valence-electron chi connectivity index (χ3n) is 5.47. The summed E-state index contributed by atoms with van der Waals surface area (Å²) in [4.78, 5) is 0. The Bertz CT molecular complexity index is 728. The van der Waals surface area contributed by atoms with Crippen molar-refractivity contribution in [2.45, 2.75) is 38.6 Å². The molecule has 0 aromatic heterocycles. The summed E-state index contributed by atoms with van der Waals surface area (Å²) in [6.45, 7) is 5.93. The van der Waals surface area contributed by atoms with Gasteiger partial charge in [0, 0.05) is 18.8 Å². The van der Waals surface area contributed by atoms with Gasteiger partial charge in [-0.15, -0.1) is 0 Å². The minimum Gasteiger partial charge on any atom is -0.344 e. The molecule has 2 atom stereocenters. The molecule has 0 aliphatic heterocycles. The molecule has 2 N–H and O–H groups in total. The zero-order valence-electron chi connectivity index (χ0n) is 16.6. The summed E-state index contributed by atoms with van der Waals surface area (Å²) in [7, 11) is 0. The molecule has 0 spiro atoms. The number of rotatable bonds is 9. The monoisotopic (exact) mass is 358 g/mol. The van der Waals surface area contributed by atoms with Gasteiger partial charge in [0.1, 0.15) is 0 Å². The average Bonchev–Trinajstić information content (AvgIpc) is 2.70. The largest absolute Gasteiger partial charge is 0.344 e. The fourth-order valence-corrected chi connectivity index (χ4v) is 4.17. The average molecular weight is 359 g/mol. The third-order valence-corrected chi connectivity index (χ3v) is 5.47. The molecular weight excluding hydrogens is 326 g/mol. The Labute approximate surface area is 164 Å². The molecule has 1 heteroatoms. The first-order valence-corrected chi connectivity index (χ1v) is 10.2. The molecule has 0 amide bonds. The lowest BCUT2D eigenvalue weighted by Gasteiger charge is -2.27. The Kier molecular flexibility index (Phi) is 7.24. The lowest BCUT2D eigenvalue weighted by Crippen LogP contribution is -2.89. The molecule has 0 unspecified atom stereocenters. The first kappa shape index (κ1) is 19.4. The van der Waals surface area contributed by atoms with Gasteiger partial charge in [-0.05, 0) is 29.5 Å². The quantitative estimate of drug-likeness (QED) is 0.552. The number of hydrogen-bond acceptors (Lipinski definition) is 0. The first-order chi connectivity index (χ1) is 13.2. The van der Waals surface area contributed by atoms with Crippen LogP contribution in [0.5, 0.6) is 0 Å². The molecule has 0 aliphatic rings. The Morgan fingerprint density at radius 2 is 1.15 bits per heavy atom. The molecule has 27 heavy (non-hydrogen) atoms. The van der Waals surface area contributed by atoms with Crippen molar-refractivity contribution in [1.82, 2.24) is 0 Å². The molecule has 0 aliphatic carbocycles. The van der Waals surface area contributed by atoms with Crippen LogP contribution in [0.15, 0.2) is 91.0 Å². The number of nitrogens with two attached hydrogens (primary N) is 1. The zero-order valence-corrected chi connectivity index (χ0v) is 16.6. The predicted molar refractivity (Wildman–Crippen MR) is 115 cm³/mol. The summed E-state index contributed by atoms with van der Waals surface area (Å²) >= 11 is 0. The van der Waals surface area contributed by atoms with Crippen LogP contribution >= 0.6 is 0 Å². The van der Waals surface area contributed by atoms with Crippen LogP contribution in [0.25, 0.3) is 0 Å². The maximum absolute atomic E-state index is 2.51. The molecule has 3 rings (SSSR count). The summed E-state index contributed by atoms with van der Waals surface area (Å²) in [5.74, 6) is 1.05. The van der Waals surface area contributed by atoms with Crippen LogP contribution in [0.4, 0.5) is 0 Å². The van der Waals surface area contributed by atoms with Crippen molar-refractivity contribution in [2.75, 3.05) is 6.54 Å². The van der Waals surface area contributed by atoms with Gasteiger partial charge < -0.3 is 5.32 Å². The van der Waals surface area contributed by atoms with E-state index < -0.39 is 0 Å². The fourth-order valence-electron chi connectivity index (χ4n) is 4.17. The van der Waals surface area contributed by atoms with Crippen molar-refractivity contribution in [3.8, 4) is 0 Å². The maximum atomic E-state index is 2.51. The van der Waals surface area contributed by atoms with Gasteiger partial charge in [-0.25, -0.2) is 0 Å². The normalized spacial score (nSPS) is 13.4. The van der Waals surface area contributed by atoms with Crippen molar-refractivity contribution in [1.29, 1.82) is 0 Å². The molecule has 140 valence electrons. The highest BCUT2D eigenvalue weighted by atomic mass is 14.9. The summed E-state index contributed by atoms with van der Waals surface area (Å²) in [6.07, 6.45) is 2.35. The lowest BCUT2D eigenvalue weighted by atomic mass is 9.79. The summed E-state index contributed by atoms with van der Waals surface area (Å²) < 4.78 is 0. The zero-order chi connectivity index (χ0) is 18.9. The van der Waals surface area contributed by atoms with Gasteiger partial charge in [0.2, 0.25) is 0 Å². The molecule has 1 nitrogen and oxygen atoms in total. The van der Waals surface area contributed by atoms with Gasteiger partial charge in [0.05, 0.1) is 12.6 Å². The Morgan fingerprint density at radius 1 is 0.667 bits per heavy atom. The molecule has 0 bridgehead atoms. The molecule has 0 saturated carbocycles. The summed E-state index contributed by atoms with van der Waals surface area (Å²) in [5.41, 5.74) is 4.28. The minimum absolute atomic E-state index is 0.456. The standard InChI is InChI=1S/C26H31N/c1-21(20-22(2)27-19-18-23-12-6-3-7-13-23)26(24-14-8-4-9-15-24)25-16-10-5-11-17-25/h3-17,21-22,26-27H,18-20H2,1-2H3/p+1/t21-,22-/m0/s1. The molecule has 0 fully saturated rings. The van der Waals surface area contributed by atoms with E-state index in [9.17, 15) is 0 Å². The number of hydrogen-bond donors (Lipinski definition) is 1. The van der Waals surface area contributed by atoms with Crippen LogP contribution in [0.1, 0.15) is 42.9 Å². The second kappa shape index (κ2) is 10.1. The Morgan fingerprint density at radius 3 is 1.67 bits per heavy atom. The highest BCUT2D eigenvalue weighted by molar-refractivity contribution is 5.33. The smallest absolute Gasteiger partial charge is 0.0833 e. The van der Waals surface area contributed by atoms with E-state index in [1.165, 1.54) is 23.1 Å². The molecule has 3 aromatic carbocycles. The summed E-state index contributed by atoms with van der Waals surface area (Å²) in [6, 6.07) is 33.4. The molecule has 0 heterocycles. The van der Waals surface area contributed by atoms with E-state index in [0.29, 0.717) is 17.9 Å². The van der Waals surface area contributed by atoms with Crippen LogP contribution in [-0.4, -0.2) is 12.6 Å². The predicted octanol–water partition coefficient (Wildman–Crippen LogP) is 5.04. The Balaban J connectivity index is 1.61. The molecular formula is C26H32N+. The van der Waals surface area contributed by atoms with Crippen LogP contribution < -0.4 is 5.32 Å². The highest BCUT2D eigenvalue weighted by Gasteiger charge is 2.23. The maximum Gasteiger partial charge on any atom is 0.0833 e. The van der Waals surface area contributed by atoms with Gasteiger partial charge in [-0.3, -0.25) is 0 Å². The van der Waals surface area contributed by atoms with E-state index >= 15 is 0 Å². The van der Waals surface area contributed by atoms with E-state index in [2.05, 4.69) is 110 Å². The molecule has 3 aromatic rings. The van der Waals surface area contributed by atoms with E-state index in [1.54, 1.807) is 0 Å². The van der Waals surface area contributed by atoms with Gasteiger partial charge in [-0.2, -0.15) is 0 Å². The van der Waals surface area contributed by atoms with Gasteiger partial charge in [-0.1, -0.05) is 97.9 Å². The second-order valence-corrected chi connectivity index (χ2v) is 7.75. The van der Waals surface area contributed by atoms with Crippen molar-refractivity contribution in [3.63, 3.8) is 0 Å². The van der Waals surface area contributed by atoms with Crippen LogP contribution in [0.2, 0.25) is 0 Å². The molecule has 0 radical (unpaired) electrons. The van der Waals surface area contributed by atoms with Gasteiger partial charge in [0.15, 0.2) is 0 Å². The van der Waals surface area contributed by atoms with Crippen molar-refractivity contribution in [2.24, 2.45) is 5.92 Å². The topological polar surface area (TPSA) is 16.6 Å². The number of benzene rings is 3. The number of quaternary nitrogens is 1. The fraction of sp³-hybridized carbons (Fsp3) is 0.308. The lowest BCUT2D eigenvalue weighted by molar-refractivity contribution is -0.687. The highest BCUT2D eigenvalue weighted by Crippen LogP contribution is 2.33. The third kappa shape index (κ3) is 5.80. The second-order valence-electron chi connectivity index (χ2n) is 7.75. The Hall–Kier alpha value is -2.38. The van der Waals surface area contributed by atoms with E-state index in [0.717, 1.165) is 13.0 Å². The van der Waals surface area contributed by atoms with Crippen molar-refractivity contribution in [3.05, 3.63) is 108 Å². The van der Waals surface area contributed by atoms with Crippen LogP contribution in [0.3, 0.4) is 0 Å². The first-order valence-electron chi connectivity index (χ1n) is 10.2. The SMILES string of the molecule is C[C@@H](C[C@H](C)C(c1ccccc1)c1ccccc1)[NH2+]CCc1ccccc1. The van der Waals surface area contributed by atoms with E-state index in [-0.39, 0.29) is 0 Å². The van der Waals surface area contributed by atoms with Gasteiger partial charge >= 0.3 is 0 Å². The van der Waals surface area contributed by atoms with E-state index in [4.69, 9.17) is 0 Å². The van der Waals surface area contributed by atoms with Crippen LogP contribution in [-0.2, 0) is 6.42 Å². The van der Waals surface area contributed by atoms with Gasteiger partial charge in [0.25, 0.3) is 0 Å².